The van der Waals surface area contributed by atoms with Gasteiger partial charge in [0.2, 0.25) is 0 Å². The molecular weight excluding hydrogens is 224 g/mol. The Labute approximate surface area is 110 Å². The van der Waals surface area contributed by atoms with Gasteiger partial charge < -0.3 is 5.32 Å². The number of aromatic nitrogens is 3. The maximum Gasteiger partial charge on any atom is 0.164 e. The van der Waals surface area contributed by atoms with E-state index >= 15 is 0 Å². The summed E-state index contributed by atoms with van der Waals surface area (Å²) in [6, 6.07) is 0.576. The molecule has 1 aromatic rings. The van der Waals surface area contributed by atoms with Crippen LogP contribution < -0.4 is 5.32 Å². The molecule has 4 heteroatoms. The second kappa shape index (κ2) is 4.65. The molecule has 2 rings (SSSR count). The first-order valence-corrected chi connectivity index (χ1v) is 6.84. The third-order valence-corrected chi connectivity index (χ3v) is 3.75. The third kappa shape index (κ3) is 3.55. The molecule has 0 unspecified atom stereocenters. The van der Waals surface area contributed by atoms with Crippen LogP contribution in [-0.2, 0) is 13.6 Å². The first-order valence-electron chi connectivity index (χ1n) is 6.84. The fraction of sp³-hybridized carbons (Fsp3) is 0.857. The van der Waals surface area contributed by atoms with Crippen molar-refractivity contribution in [2.45, 2.75) is 59.5 Å². The molecule has 1 aliphatic rings. The minimum atomic E-state index is 0.428. The molecule has 1 heterocycles. The highest BCUT2D eigenvalue weighted by Crippen LogP contribution is 2.45. The zero-order valence-electron chi connectivity index (χ0n) is 12.3. The fourth-order valence-electron chi connectivity index (χ4n) is 3.69. The van der Waals surface area contributed by atoms with Crippen molar-refractivity contribution in [3.05, 3.63) is 12.2 Å². The Bertz CT molecular complexity index is 390. The van der Waals surface area contributed by atoms with Gasteiger partial charge in [0.1, 0.15) is 6.33 Å². The highest BCUT2D eigenvalue weighted by Gasteiger charge is 2.38. The highest BCUT2D eigenvalue weighted by atomic mass is 15.3. The summed E-state index contributed by atoms with van der Waals surface area (Å²) in [6.07, 6.45) is 5.54. The Morgan fingerprint density at radius 2 is 1.89 bits per heavy atom. The minimum Gasteiger partial charge on any atom is -0.307 e. The first-order chi connectivity index (χ1) is 8.26. The van der Waals surface area contributed by atoms with Crippen LogP contribution in [0.3, 0.4) is 0 Å². The van der Waals surface area contributed by atoms with Crippen LogP contribution >= 0.6 is 0 Å². The second-order valence-electron chi connectivity index (χ2n) is 7.33. The smallest absolute Gasteiger partial charge is 0.164 e. The van der Waals surface area contributed by atoms with Crippen molar-refractivity contribution in [2.75, 3.05) is 0 Å². The maximum absolute atomic E-state index is 4.31. The maximum atomic E-state index is 4.31. The van der Waals surface area contributed by atoms with Gasteiger partial charge in [-0.05, 0) is 30.1 Å². The zero-order chi connectivity index (χ0) is 13.4. The van der Waals surface area contributed by atoms with E-state index in [2.05, 4.69) is 43.1 Å². The summed E-state index contributed by atoms with van der Waals surface area (Å²) in [5.41, 5.74) is 0.855. The van der Waals surface area contributed by atoms with Crippen LogP contribution in [0.25, 0.3) is 0 Å². The van der Waals surface area contributed by atoms with E-state index in [0.717, 1.165) is 12.4 Å². The van der Waals surface area contributed by atoms with Gasteiger partial charge in [-0.25, -0.2) is 4.98 Å². The molecule has 1 aromatic heterocycles. The van der Waals surface area contributed by atoms with Crippen LogP contribution in [0.15, 0.2) is 6.33 Å². The molecule has 0 atom stereocenters. The lowest BCUT2D eigenvalue weighted by Crippen LogP contribution is -2.43. The molecule has 0 aromatic carbocycles. The lowest BCUT2D eigenvalue weighted by molar-refractivity contribution is 0.0842. The summed E-state index contributed by atoms with van der Waals surface area (Å²) in [5.74, 6) is 0.888. The van der Waals surface area contributed by atoms with Gasteiger partial charge in [0, 0.05) is 13.1 Å². The van der Waals surface area contributed by atoms with Crippen molar-refractivity contribution in [1.29, 1.82) is 0 Å². The van der Waals surface area contributed by atoms with E-state index in [1.807, 2.05) is 7.05 Å². The first kappa shape index (κ1) is 13.5. The van der Waals surface area contributed by atoms with Crippen molar-refractivity contribution in [3.8, 4) is 0 Å². The number of aryl methyl sites for hydroxylation is 1. The molecule has 0 amide bonds. The van der Waals surface area contributed by atoms with Gasteiger partial charge in [0.25, 0.3) is 0 Å². The molecule has 0 spiro atoms. The van der Waals surface area contributed by atoms with Gasteiger partial charge in [0.15, 0.2) is 5.82 Å². The molecule has 0 radical (unpaired) electrons. The standard InChI is InChI=1S/C14H26N4/c1-13(2)6-11(7-14(3,4)9-13)15-8-12-16-10-18(5)17-12/h10-11,15H,6-9H2,1-5H3. The van der Waals surface area contributed by atoms with Crippen molar-refractivity contribution in [2.24, 2.45) is 17.9 Å². The monoisotopic (exact) mass is 250 g/mol. The topological polar surface area (TPSA) is 42.7 Å². The minimum absolute atomic E-state index is 0.428. The highest BCUT2D eigenvalue weighted by molar-refractivity contribution is 4.93. The summed E-state index contributed by atoms with van der Waals surface area (Å²) >= 11 is 0. The Morgan fingerprint density at radius 1 is 1.28 bits per heavy atom. The SMILES string of the molecule is Cn1cnc(CNC2CC(C)(C)CC(C)(C)C2)n1. The quantitative estimate of drug-likeness (QED) is 0.896. The lowest BCUT2D eigenvalue weighted by Gasteiger charge is -2.45. The molecule has 102 valence electrons. The summed E-state index contributed by atoms with van der Waals surface area (Å²) in [7, 11) is 1.91. The van der Waals surface area contributed by atoms with Gasteiger partial charge in [-0.15, -0.1) is 0 Å². The molecule has 0 aliphatic heterocycles. The van der Waals surface area contributed by atoms with E-state index in [4.69, 9.17) is 0 Å². The van der Waals surface area contributed by atoms with Crippen LogP contribution in [0.2, 0.25) is 0 Å². The largest absolute Gasteiger partial charge is 0.307 e. The summed E-state index contributed by atoms with van der Waals surface area (Å²) < 4.78 is 1.76. The zero-order valence-corrected chi connectivity index (χ0v) is 12.3. The Balaban J connectivity index is 1.93. The molecule has 0 saturated heterocycles. The second-order valence-corrected chi connectivity index (χ2v) is 7.33. The van der Waals surface area contributed by atoms with Crippen molar-refractivity contribution in [1.82, 2.24) is 20.1 Å². The fourth-order valence-corrected chi connectivity index (χ4v) is 3.69. The molecule has 4 nitrogen and oxygen atoms in total. The molecule has 18 heavy (non-hydrogen) atoms. The molecule has 1 aliphatic carbocycles. The normalized spacial score (nSPS) is 23.2. The van der Waals surface area contributed by atoms with Crippen molar-refractivity contribution < 1.29 is 0 Å². The van der Waals surface area contributed by atoms with E-state index < -0.39 is 0 Å². The average Bonchev–Trinajstić information content (AvgIpc) is 2.56. The Hall–Kier alpha value is -0.900. The molecular formula is C14H26N4. The van der Waals surface area contributed by atoms with Gasteiger partial charge >= 0.3 is 0 Å². The van der Waals surface area contributed by atoms with E-state index in [1.54, 1.807) is 11.0 Å². The van der Waals surface area contributed by atoms with Gasteiger partial charge in [0.05, 0.1) is 6.54 Å². The number of hydrogen-bond donors (Lipinski definition) is 1. The van der Waals surface area contributed by atoms with E-state index in [9.17, 15) is 0 Å². The third-order valence-electron chi connectivity index (χ3n) is 3.75. The van der Waals surface area contributed by atoms with Crippen LogP contribution in [0, 0.1) is 10.8 Å². The van der Waals surface area contributed by atoms with Crippen LogP contribution in [0.5, 0.6) is 0 Å². The van der Waals surface area contributed by atoms with E-state index in [1.165, 1.54) is 19.3 Å². The van der Waals surface area contributed by atoms with Gasteiger partial charge in [-0.1, -0.05) is 27.7 Å². The van der Waals surface area contributed by atoms with Crippen LogP contribution in [0.4, 0.5) is 0 Å². The van der Waals surface area contributed by atoms with E-state index in [-0.39, 0.29) is 0 Å². The molecule has 0 bridgehead atoms. The number of hydrogen-bond acceptors (Lipinski definition) is 3. The van der Waals surface area contributed by atoms with E-state index in [0.29, 0.717) is 16.9 Å². The Morgan fingerprint density at radius 3 is 2.39 bits per heavy atom. The van der Waals surface area contributed by atoms with Gasteiger partial charge in [-0.3, -0.25) is 4.68 Å². The predicted octanol–water partition coefficient (Wildman–Crippen LogP) is 2.51. The summed E-state index contributed by atoms with van der Waals surface area (Å²) in [5, 5.41) is 7.93. The average molecular weight is 250 g/mol. The predicted molar refractivity (Wildman–Crippen MR) is 73.0 cm³/mol. The Kier molecular flexibility index (Phi) is 3.49. The molecule has 1 fully saturated rings. The summed E-state index contributed by atoms with van der Waals surface area (Å²) in [6.45, 7) is 10.3. The number of nitrogens with one attached hydrogen (secondary N) is 1. The molecule has 1 N–H and O–H groups in total. The number of nitrogens with zero attached hydrogens (tertiary/aromatic N) is 3. The lowest BCUT2D eigenvalue weighted by atomic mass is 9.63. The van der Waals surface area contributed by atoms with Gasteiger partial charge in [-0.2, -0.15) is 5.10 Å². The van der Waals surface area contributed by atoms with Crippen LogP contribution in [0.1, 0.15) is 52.8 Å². The van der Waals surface area contributed by atoms with Crippen molar-refractivity contribution in [3.63, 3.8) is 0 Å². The summed E-state index contributed by atoms with van der Waals surface area (Å²) in [4.78, 5) is 4.26. The number of rotatable bonds is 3. The molecule has 1 saturated carbocycles. The van der Waals surface area contributed by atoms with Crippen LogP contribution in [-0.4, -0.2) is 20.8 Å². The van der Waals surface area contributed by atoms with Crippen molar-refractivity contribution >= 4 is 0 Å².